The molecular formula is C18H19N3O3S2. The quantitative estimate of drug-likeness (QED) is 0.720. The minimum absolute atomic E-state index is 0.0591. The van der Waals surface area contributed by atoms with Crippen LogP contribution in [0.5, 0.6) is 0 Å². The molecule has 1 N–H and O–H groups in total. The number of furan rings is 1. The first-order valence-corrected chi connectivity index (χ1v) is 11.0. The van der Waals surface area contributed by atoms with Crippen molar-refractivity contribution in [2.75, 3.05) is 15.9 Å². The summed E-state index contributed by atoms with van der Waals surface area (Å²) in [7, 11) is -3.27. The Morgan fingerprint density at radius 1 is 1.38 bits per heavy atom. The number of benzene rings is 1. The van der Waals surface area contributed by atoms with E-state index in [2.05, 4.69) is 10.3 Å². The van der Waals surface area contributed by atoms with Crippen LogP contribution in [0.4, 0.5) is 10.8 Å². The number of thiazole rings is 1. The van der Waals surface area contributed by atoms with Crippen LogP contribution in [-0.4, -0.2) is 25.7 Å². The number of fused-ring (bicyclic) bond motifs is 1. The average Bonchev–Trinajstić information content (AvgIpc) is 3.30. The molecule has 1 aliphatic heterocycles. The molecule has 1 aliphatic rings. The highest BCUT2D eigenvalue weighted by atomic mass is 32.2. The van der Waals surface area contributed by atoms with E-state index in [9.17, 15) is 8.42 Å². The molecule has 0 saturated heterocycles. The van der Waals surface area contributed by atoms with Crippen LogP contribution >= 0.6 is 11.3 Å². The third-order valence-corrected chi connectivity index (χ3v) is 6.45. The molecule has 0 fully saturated rings. The van der Waals surface area contributed by atoms with E-state index >= 15 is 0 Å². The molecule has 1 aromatic carbocycles. The van der Waals surface area contributed by atoms with Crippen molar-refractivity contribution < 1.29 is 12.8 Å². The van der Waals surface area contributed by atoms with Crippen LogP contribution in [0.3, 0.4) is 0 Å². The van der Waals surface area contributed by atoms with E-state index in [1.807, 2.05) is 42.6 Å². The Hall–Kier alpha value is -2.32. The Kier molecular flexibility index (Phi) is 4.24. The largest absolute Gasteiger partial charge is 0.467 e. The minimum atomic E-state index is -3.27. The fourth-order valence-electron chi connectivity index (χ4n) is 3.33. The lowest BCUT2D eigenvalue weighted by Gasteiger charge is -2.21. The lowest BCUT2D eigenvalue weighted by Crippen LogP contribution is -2.34. The van der Waals surface area contributed by atoms with Crippen LogP contribution in [0.2, 0.25) is 0 Å². The number of rotatable bonds is 5. The summed E-state index contributed by atoms with van der Waals surface area (Å²) in [5, 5.41) is 6.07. The van der Waals surface area contributed by atoms with Gasteiger partial charge in [0.15, 0.2) is 5.13 Å². The van der Waals surface area contributed by atoms with Crippen LogP contribution in [0.1, 0.15) is 18.2 Å². The molecule has 0 unspecified atom stereocenters. The molecule has 4 rings (SSSR count). The van der Waals surface area contributed by atoms with Crippen molar-refractivity contribution in [3.05, 3.63) is 53.3 Å². The zero-order valence-corrected chi connectivity index (χ0v) is 16.1. The van der Waals surface area contributed by atoms with E-state index in [4.69, 9.17) is 4.42 Å². The number of nitrogens with one attached hydrogen (secondary N) is 1. The summed E-state index contributed by atoms with van der Waals surface area (Å²) in [6.45, 7) is 2.52. The summed E-state index contributed by atoms with van der Waals surface area (Å²) < 4.78 is 30.9. The Labute approximate surface area is 156 Å². The second-order valence-electron chi connectivity index (χ2n) is 6.43. The molecule has 6 nitrogen and oxygen atoms in total. The summed E-state index contributed by atoms with van der Waals surface area (Å²) >= 11 is 1.53. The molecule has 0 aliphatic carbocycles. The fourth-order valence-corrected chi connectivity index (χ4v) is 5.31. The van der Waals surface area contributed by atoms with Gasteiger partial charge >= 0.3 is 0 Å². The number of anilines is 2. The summed E-state index contributed by atoms with van der Waals surface area (Å²) in [6.07, 6.45) is 3.61. The van der Waals surface area contributed by atoms with Gasteiger partial charge in [0.2, 0.25) is 10.0 Å². The smallest absolute Gasteiger partial charge is 0.232 e. The maximum Gasteiger partial charge on any atom is 0.232 e. The summed E-state index contributed by atoms with van der Waals surface area (Å²) in [6, 6.07) is 9.57. The second-order valence-corrected chi connectivity index (χ2v) is 9.14. The SMILES string of the molecule is C[C@@H]1Cc2cc(-c3csc(NCc4ccco4)n3)ccc2N1S(C)(=O)=O. The van der Waals surface area contributed by atoms with Crippen molar-refractivity contribution in [2.24, 2.45) is 0 Å². The topological polar surface area (TPSA) is 75.4 Å². The molecule has 3 aromatic rings. The van der Waals surface area contributed by atoms with Gasteiger partial charge in [0.1, 0.15) is 5.76 Å². The van der Waals surface area contributed by atoms with Gasteiger partial charge in [0, 0.05) is 17.0 Å². The molecule has 0 radical (unpaired) electrons. The normalized spacial score (nSPS) is 16.7. The number of sulfonamides is 1. The van der Waals surface area contributed by atoms with Crippen LogP contribution < -0.4 is 9.62 Å². The molecule has 0 saturated carbocycles. The van der Waals surface area contributed by atoms with Gasteiger partial charge in [-0.05, 0) is 43.2 Å². The molecule has 8 heteroatoms. The highest BCUT2D eigenvalue weighted by Gasteiger charge is 2.32. The van der Waals surface area contributed by atoms with E-state index in [0.29, 0.717) is 13.0 Å². The third kappa shape index (κ3) is 3.22. The summed E-state index contributed by atoms with van der Waals surface area (Å²) in [4.78, 5) is 4.63. The van der Waals surface area contributed by atoms with Gasteiger partial charge in [0.05, 0.1) is 30.4 Å². The van der Waals surface area contributed by atoms with E-state index in [-0.39, 0.29) is 6.04 Å². The monoisotopic (exact) mass is 389 g/mol. The fraction of sp³-hybridized carbons (Fsp3) is 0.278. The standard InChI is InChI=1S/C18H19N3O3S2/c1-12-8-14-9-13(5-6-17(14)21(12)26(2,22)23)16-11-25-18(20-16)19-10-15-4-3-7-24-15/h3-7,9,11-12H,8,10H2,1-2H3,(H,19,20)/t12-/m1/s1. The van der Waals surface area contributed by atoms with E-state index in [0.717, 1.165) is 33.4 Å². The molecule has 136 valence electrons. The Morgan fingerprint density at radius 3 is 2.96 bits per heavy atom. The van der Waals surface area contributed by atoms with Crippen LogP contribution in [0.15, 0.2) is 46.4 Å². The lowest BCUT2D eigenvalue weighted by atomic mass is 10.1. The Bertz CT molecular complexity index is 1030. The average molecular weight is 390 g/mol. The van der Waals surface area contributed by atoms with Crippen molar-refractivity contribution in [3.63, 3.8) is 0 Å². The molecule has 2 aromatic heterocycles. The zero-order valence-electron chi connectivity index (χ0n) is 14.5. The molecule has 3 heterocycles. The first kappa shape index (κ1) is 17.1. The van der Waals surface area contributed by atoms with Gasteiger partial charge in [0.25, 0.3) is 0 Å². The molecule has 0 amide bonds. The van der Waals surface area contributed by atoms with Crippen LogP contribution in [0, 0.1) is 0 Å². The molecule has 1 atom stereocenters. The minimum Gasteiger partial charge on any atom is -0.467 e. The maximum absolute atomic E-state index is 12.0. The number of hydrogen-bond acceptors (Lipinski definition) is 6. The first-order chi connectivity index (χ1) is 12.4. The third-order valence-electron chi connectivity index (χ3n) is 4.38. The molecule has 0 spiro atoms. The first-order valence-electron chi connectivity index (χ1n) is 8.26. The van der Waals surface area contributed by atoms with Crippen LogP contribution in [-0.2, 0) is 23.0 Å². The van der Waals surface area contributed by atoms with Gasteiger partial charge in [-0.15, -0.1) is 11.3 Å². The summed E-state index contributed by atoms with van der Waals surface area (Å²) in [5.41, 5.74) is 3.69. The second kappa shape index (κ2) is 6.44. The van der Waals surface area contributed by atoms with Crippen molar-refractivity contribution in [1.82, 2.24) is 4.98 Å². The Balaban J connectivity index is 1.56. The van der Waals surface area contributed by atoms with Gasteiger partial charge in [-0.3, -0.25) is 4.31 Å². The van der Waals surface area contributed by atoms with Gasteiger partial charge < -0.3 is 9.73 Å². The lowest BCUT2D eigenvalue weighted by molar-refractivity contribution is 0.518. The molecule has 0 bridgehead atoms. The molecular weight excluding hydrogens is 370 g/mol. The van der Waals surface area contributed by atoms with E-state index in [1.165, 1.54) is 21.9 Å². The molecule has 26 heavy (non-hydrogen) atoms. The van der Waals surface area contributed by atoms with Crippen molar-refractivity contribution in [3.8, 4) is 11.3 Å². The van der Waals surface area contributed by atoms with E-state index < -0.39 is 10.0 Å². The Morgan fingerprint density at radius 2 is 2.23 bits per heavy atom. The van der Waals surface area contributed by atoms with Crippen molar-refractivity contribution in [1.29, 1.82) is 0 Å². The number of aromatic nitrogens is 1. The highest BCUT2D eigenvalue weighted by molar-refractivity contribution is 7.92. The zero-order chi connectivity index (χ0) is 18.3. The predicted molar refractivity (Wildman–Crippen MR) is 104 cm³/mol. The number of nitrogens with zero attached hydrogens (tertiary/aromatic N) is 2. The van der Waals surface area contributed by atoms with Crippen molar-refractivity contribution >= 4 is 32.2 Å². The summed E-state index contributed by atoms with van der Waals surface area (Å²) in [5.74, 6) is 0.856. The van der Waals surface area contributed by atoms with Crippen molar-refractivity contribution in [2.45, 2.75) is 25.9 Å². The predicted octanol–water partition coefficient (Wildman–Crippen LogP) is 3.73. The maximum atomic E-state index is 12.0. The van der Waals surface area contributed by atoms with Gasteiger partial charge in [-0.25, -0.2) is 13.4 Å². The van der Waals surface area contributed by atoms with Gasteiger partial charge in [-0.1, -0.05) is 6.07 Å². The van der Waals surface area contributed by atoms with E-state index in [1.54, 1.807) is 6.26 Å². The number of hydrogen-bond donors (Lipinski definition) is 1. The van der Waals surface area contributed by atoms with Gasteiger partial charge in [-0.2, -0.15) is 0 Å². The van der Waals surface area contributed by atoms with Crippen LogP contribution in [0.25, 0.3) is 11.3 Å². The highest BCUT2D eigenvalue weighted by Crippen LogP contribution is 2.37.